The van der Waals surface area contributed by atoms with E-state index in [0.717, 1.165) is 0 Å². The van der Waals surface area contributed by atoms with Crippen molar-refractivity contribution in [1.29, 1.82) is 0 Å². The van der Waals surface area contributed by atoms with Crippen LogP contribution >= 0.6 is 0 Å². The molecule has 0 N–H and O–H groups in total. The summed E-state index contributed by atoms with van der Waals surface area (Å²) in [5, 5.41) is 7.46. The topological polar surface area (TPSA) is 107 Å². The van der Waals surface area contributed by atoms with Gasteiger partial charge in [0.05, 0.1) is 10.1 Å². The predicted molar refractivity (Wildman–Crippen MR) is 40.9 cm³/mol. The van der Waals surface area contributed by atoms with Crippen molar-refractivity contribution in [3.05, 3.63) is 6.92 Å². The van der Waals surface area contributed by atoms with Crippen LogP contribution in [0.15, 0.2) is 0 Å². The first-order valence-electron chi connectivity index (χ1n) is 3.40. The van der Waals surface area contributed by atoms with E-state index in [2.05, 4.69) is 11.8 Å². The van der Waals surface area contributed by atoms with Gasteiger partial charge >= 0.3 is 59.1 Å². The van der Waals surface area contributed by atoms with E-state index in [9.17, 15) is 13.0 Å². The summed E-state index contributed by atoms with van der Waals surface area (Å²) in [6.07, 6.45) is 1.03. The van der Waals surface area contributed by atoms with Crippen molar-refractivity contribution in [2.75, 3.05) is 0 Å². The van der Waals surface area contributed by atoms with Crippen LogP contribution in [0.2, 0.25) is 0 Å². The summed E-state index contributed by atoms with van der Waals surface area (Å²) in [7, 11) is -4.13. The maximum absolute atomic E-state index is 10.1. The SMILES string of the molecule is O=CO[O-].[CH2-]C(CCC)S(=O)(=O)[O-].[Na+].[Na+]. The van der Waals surface area contributed by atoms with Gasteiger partial charge in [-0.25, -0.2) is 8.42 Å². The summed E-state index contributed by atoms with van der Waals surface area (Å²) >= 11 is 0. The molecule has 0 saturated heterocycles. The molecule has 0 radical (unpaired) electrons. The fourth-order valence-electron chi connectivity index (χ4n) is 0.466. The summed E-state index contributed by atoms with van der Waals surface area (Å²) in [4.78, 5) is 11.2. The normalized spacial score (nSPS) is 10.7. The fraction of sp³-hybridized carbons (Fsp3) is 0.667. The van der Waals surface area contributed by atoms with E-state index in [1.54, 1.807) is 0 Å². The molecular formula is C6H11Na2O6S-. The van der Waals surface area contributed by atoms with Crippen LogP contribution < -0.4 is 64.4 Å². The van der Waals surface area contributed by atoms with Gasteiger partial charge in [-0.2, -0.15) is 0 Å². The van der Waals surface area contributed by atoms with Gasteiger partial charge in [-0.3, -0.25) is 4.79 Å². The molecule has 0 heterocycles. The van der Waals surface area contributed by atoms with E-state index in [4.69, 9.17) is 10.1 Å². The second-order valence-corrected chi connectivity index (χ2v) is 3.75. The molecule has 0 fully saturated rings. The molecule has 0 saturated carbocycles. The van der Waals surface area contributed by atoms with Gasteiger partial charge in [-0.15, -0.1) is 0 Å². The average molecular weight is 257 g/mol. The van der Waals surface area contributed by atoms with Crippen molar-refractivity contribution in [3.63, 3.8) is 0 Å². The molecule has 0 aromatic heterocycles. The van der Waals surface area contributed by atoms with Crippen LogP contribution in [-0.2, 0) is 19.8 Å². The van der Waals surface area contributed by atoms with E-state index in [0.29, 0.717) is 12.8 Å². The van der Waals surface area contributed by atoms with E-state index in [1.165, 1.54) is 0 Å². The van der Waals surface area contributed by atoms with E-state index in [1.807, 2.05) is 6.92 Å². The van der Waals surface area contributed by atoms with Gasteiger partial charge in [0.15, 0.2) is 0 Å². The minimum Gasteiger partial charge on any atom is -0.750 e. The van der Waals surface area contributed by atoms with Crippen LogP contribution in [-0.4, -0.2) is 24.7 Å². The first kappa shape index (κ1) is 25.3. The Labute approximate surface area is 134 Å². The minimum absolute atomic E-state index is 0. The third kappa shape index (κ3) is 21.2. The molecule has 9 heteroatoms. The molecule has 0 aromatic carbocycles. The Bertz CT molecular complexity index is 218. The number of hydrogen-bond donors (Lipinski definition) is 0. The Morgan fingerprint density at radius 1 is 1.47 bits per heavy atom. The van der Waals surface area contributed by atoms with E-state index in [-0.39, 0.29) is 65.6 Å². The maximum atomic E-state index is 10.1. The average Bonchev–Trinajstić information content (AvgIpc) is 2.04. The second-order valence-electron chi connectivity index (χ2n) is 2.10. The largest absolute Gasteiger partial charge is 1.00 e. The number of carbonyl (C=O) groups excluding carboxylic acids is 1. The summed E-state index contributed by atoms with van der Waals surface area (Å²) in [5.74, 6) is 0. The zero-order valence-corrected chi connectivity index (χ0v) is 14.0. The van der Waals surface area contributed by atoms with Crippen molar-refractivity contribution in [2.24, 2.45) is 0 Å². The molecule has 1 unspecified atom stereocenters. The van der Waals surface area contributed by atoms with Crippen molar-refractivity contribution in [2.45, 2.75) is 25.0 Å². The molecule has 1 atom stereocenters. The quantitative estimate of drug-likeness (QED) is 0.124. The van der Waals surface area contributed by atoms with Crippen LogP contribution in [0.25, 0.3) is 0 Å². The van der Waals surface area contributed by atoms with Crippen LogP contribution in [0.4, 0.5) is 0 Å². The van der Waals surface area contributed by atoms with Crippen molar-refractivity contribution in [3.8, 4) is 0 Å². The first-order chi connectivity index (χ1) is 5.90. The number of hydrogen-bond acceptors (Lipinski definition) is 6. The smallest absolute Gasteiger partial charge is 0.750 e. The third-order valence-corrected chi connectivity index (χ3v) is 2.11. The Morgan fingerprint density at radius 2 is 1.80 bits per heavy atom. The Hall–Kier alpha value is 1.34. The van der Waals surface area contributed by atoms with E-state index >= 15 is 0 Å². The van der Waals surface area contributed by atoms with Crippen LogP contribution in [0.3, 0.4) is 0 Å². The van der Waals surface area contributed by atoms with Gasteiger partial charge in [0.1, 0.15) is 0 Å². The zero-order valence-electron chi connectivity index (χ0n) is 9.13. The molecular weight excluding hydrogens is 246 g/mol. The summed E-state index contributed by atoms with van der Waals surface area (Å²) in [6, 6.07) is 0. The summed E-state index contributed by atoms with van der Waals surface area (Å²) in [6.45, 7) is 4.83. The van der Waals surface area contributed by atoms with Crippen molar-refractivity contribution < 1.29 is 87.0 Å². The summed E-state index contributed by atoms with van der Waals surface area (Å²) < 4.78 is 30.3. The third-order valence-electron chi connectivity index (χ3n) is 1.06. The molecule has 0 amide bonds. The van der Waals surface area contributed by atoms with Gasteiger partial charge in [-0.05, 0) is 0 Å². The fourth-order valence-corrected chi connectivity index (χ4v) is 0.991. The van der Waals surface area contributed by atoms with Crippen molar-refractivity contribution in [1.82, 2.24) is 0 Å². The number of rotatable bonds is 4. The molecule has 80 valence electrons. The van der Waals surface area contributed by atoms with Crippen LogP contribution in [0.1, 0.15) is 19.8 Å². The second kappa shape index (κ2) is 15.3. The van der Waals surface area contributed by atoms with Gasteiger partial charge in [0.2, 0.25) is 0 Å². The molecule has 15 heavy (non-hydrogen) atoms. The zero-order chi connectivity index (χ0) is 10.9. The van der Waals surface area contributed by atoms with Crippen LogP contribution in [0, 0.1) is 6.92 Å². The number of carbonyl (C=O) groups is 1. The molecule has 0 rings (SSSR count). The van der Waals surface area contributed by atoms with Gasteiger partial charge in [0, 0.05) is 0 Å². The van der Waals surface area contributed by atoms with Gasteiger partial charge < -0.3 is 21.6 Å². The Balaban J connectivity index is -0.0000000883. The minimum atomic E-state index is -4.13. The Kier molecular flexibility index (Phi) is 25.8. The molecule has 6 nitrogen and oxygen atoms in total. The standard InChI is InChI=1S/C5H11O3S.CH2O3.2Na/c1-3-4-5(2)9(6,7)8;2-1-4-3;;/h5H,2-4H2,1H3,(H,6,7,8);1,3H;;/q-1;;2*+1/p-2. The molecule has 0 aliphatic heterocycles. The molecule has 0 aromatic rings. The molecule has 0 aliphatic carbocycles. The van der Waals surface area contributed by atoms with E-state index < -0.39 is 15.4 Å². The molecule has 0 spiro atoms. The monoisotopic (exact) mass is 257 g/mol. The Morgan fingerprint density at radius 3 is 1.87 bits per heavy atom. The molecule has 0 aliphatic rings. The van der Waals surface area contributed by atoms with Gasteiger partial charge in [0.25, 0.3) is 6.47 Å². The van der Waals surface area contributed by atoms with Gasteiger partial charge in [-0.1, -0.05) is 25.0 Å². The first-order valence-corrected chi connectivity index (χ1v) is 4.87. The maximum Gasteiger partial charge on any atom is 1.00 e. The van der Waals surface area contributed by atoms with Crippen molar-refractivity contribution >= 4 is 16.6 Å². The van der Waals surface area contributed by atoms with Crippen LogP contribution in [0.5, 0.6) is 0 Å². The molecule has 0 bridgehead atoms. The summed E-state index contributed by atoms with van der Waals surface area (Å²) in [5.41, 5.74) is 0. The predicted octanol–water partition coefficient (Wildman–Crippen LogP) is -7.02.